The van der Waals surface area contributed by atoms with Gasteiger partial charge >= 0.3 is 0 Å². The summed E-state index contributed by atoms with van der Waals surface area (Å²) in [5.41, 5.74) is 3.27. The Morgan fingerprint density at radius 1 is 0.800 bits per heavy atom. The highest BCUT2D eigenvalue weighted by molar-refractivity contribution is 5.79. The number of furan rings is 1. The van der Waals surface area contributed by atoms with Crippen molar-refractivity contribution in [2.45, 2.75) is 6.92 Å². The number of aryl methyl sites for hydroxylation is 1. The quantitative estimate of drug-likeness (QED) is 0.512. The van der Waals surface area contributed by atoms with Crippen LogP contribution in [0.15, 0.2) is 60.0 Å². The van der Waals surface area contributed by atoms with E-state index >= 15 is 0 Å². The number of hydrogen-bond acceptors (Lipinski definition) is 9. The predicted molar refractivity (Wildman–Crippen MR) is 112 cm³/mol. The van der Waals surface area contributed by atoms with E-state index in [-0.39, 0.29) is 0 Å². The fourth-order valence-electron chi connectivity index (χ4n) is 3.55. The van der Waals surface area contributed by atoms with E-state index in [1.807, 2.05) is 25.3 Å². The lowest BCUT2D eigenvalue weighted by atomic mass is 10.1. The topological polar surface area (TPSA) is 97.0 Å². The number of rotatable bonds is 4. The number of piperazine rings is 1. The van der Waals surface area contributed by atoms with Crippen LogP contribution in [0.2, 0.25) is 0 Å². The summed E-state index contributed by atoms with van der Waals surface area (Å²) >= 11 is 0. The van der Waals surface area contributed by atoms with Gasteiger partial charge in [0.05, 0.1) is 23.8 Å². The molecule has 5 heterocycles. The summed E-state index contributed by atoms with van der Waals surface area (Å²) in [5.74, 6) is 2.24. The standard InChI is InChI=1S/C21H20N8O/c1-15-16(3-12-30-15)19-17(18-14-22-6-7-23-18)13-26-21(27-19)29-10-8-28(9-11-29)20-24-4-2-5-25-20/h2-7,12-14H,8-11H2,1H3. The van der Waals surface area contributed by atoms with Crippen LogP contribution in [-0.2, 0) is 0 Å². The predicted octanol–water partition coefficient (Wildman–Crippen LogP) is 2.62. The lowest BCUT2D eigenvalue weighted by Crippen LogP contribution is -2.47. The van der Waals surface area contributed by atoms with Gasteiger partial charge in [0.25, 0.3) is 0 Å². The number of anilines is 2. The largest absolute Gasteiger partial charge is 0.469 e. The zero-order chi connectivity index (χ0) is 20.3. The van der Waals surface area contributed by atoms with Gasteiger partial charge in [-0.15, -0.1) is 0 Å². The number of aromatic nitrogens is 6. The van der Waals surface area contributed by atoms with Crippen LogP contribution < -0.4 is 9.80 Å². The summed E-state index contributed by atoms with van der Waals surface area (Å²) < 4.78 is 5.53. The molecule has 4 aromatic heterocycles. The minimum atomic E-state index is 0.687. The Morgan fingerprint density at radius 2 is 1.57 bits per heavy atom. The molecule has 0 amide bonds. The first-order valence-electron chi connectivity index (χ1n) is 9.74. The van der Waals surface area contributed by atoms with Gasteiger partial charge in [-0.3, -0.25) is 9.97 Å². The molecule has 1 aliphatic rings. The van der Waals surface area contributed by atoms with Crippen LogP contribution in [0.25, 0.3) is 22.5 Å². The molecule has 0 atom stereocenters. The molecule has 1 saturated heterocycles. The summed E-state index contributed by atoms with van der Waals surface area (Å²) in [6, 6.07) is 3.75. The maximum absolute atomic E-state index is 5.53. The van der Waals surface area contributed by atoms with Crippen molar-refractivity contribution < 1.29 is 4.42 Å². The van der Waals surface area contributed by atoms with Crippen molar-refractivity contribution in [1.82, 2.24) is 29.9 Å². The molecular weight excluding hydrogens is 380 g/mol. The zero-order valence-electron chi connectivity index (χ0n) is 16.5. The molecule has 0 radical (unpaired) electrons. The second-order valence-electron chi connectivity index (χ2n) is 6.94. The van der Waals surface area contributed by atoms with Crippen LogP contribution in [0.4, 0.5) is 11.9 Å². The molecule has 0 aliphatic carbocycles. The van der Waals surface area contributed by atoms with Gasteiger partial charge in [0.2, 0.25) is 11.9 Å². The molecule has 4 aromatic rings. The Kier molecular flexibility index (Phi) is 4.76. The normalized spacial score (nSPS) is 14.2. The molecule has 0 aromatic carbocycles. The van der Waals surface area contributed by atoms with E-state index in [9.17, 15) is 0 Å². The van der Waals surface area contributed by atoms with Crippen molar-refractivity contribution >= 4 is 11.9 Å². The van der Waals surface area contributed by atoms with Crippen molar-refractivity contribution in [3.8, 4) is 22.5 Å². The molecule has 30 heavy (non-hydrogen) atoms. The van der Waals surface area contributed by atoms with Gasteiger partial charge in [-0.2, -0.15) is 0 Å². The van der Waals surface area contributed by atoms with Crippen LogP contribution >= 0.6 is 0 Å². The summed E-state index contributed by atoms with van der Waals surface area (Å²) in [6.45, 7) is 5.11. The van der Waals surface area contributed by atoms with Gasteiger partial charge in [0.1, 0.15) is 5.76 Å². The molecule has 0 unspecified atom stereocenters. The first-order valence-corrected chi connectivity index (χ1v) is 9.74. The Bertz CT molecular complexity index is 1120. The van der Waals surface area contributed by atoms with Crippen molar-refractivity contribution in [3.63, 3.8) is 0 Å². The maximum atomic E-state index is 5.53. The van der Waals surface area contributed by atoms with E-state index in [1.165, 1.54) is 0 Å². The Morgan fingerprint density at radius 3 is 2.23 bits per heavy atom. The molecule has 0 saturated carbocycles. The van der Waals surface area contributed by atoms with Crippen molar-refractivity contribution in [2.75, 3.05) is 36.0 Å². The third-order valence-corrected chi connectivity index (χ3v) is 5.13. The SMILES string of the molecule is Cc1occc1-c1nc(N2CCN(c3ncccn3)CC2)ncc1-c1cnccn1. The monoisotopic (exact) mass is 400 g/mol. The Hall–Kier alpha value is -3.88. The Labute approximate surface area is 173 Å². The van der Waals surface area contributed by atoms with Gasteiger partial charge in [0.15, 0.2) is 0 Å². The maximum Gasteiger partial charge on any atom is 0.226 e. The van der Waals surface area contributed by atoms with Gasteiger partial charge in [-0.25, -0.2) is 19.9 Å². The number of hydrogen-bond donors (Lipinski definition) is 0. The van der Waals surface area contributed by atoms with Gasteiger partial charge in [-0.1, -0.05) is 0 Å². The lowest BCUT2D eigenvalue weighted by Gasteiger charge is -2.34. The fourth-order valence-corrected chi connectivity index (χ4v) is 3.55. The van der Waals surface area contributed by atoms with Gasteiger partial charge < -0.3 is 14.2 Å². The molecule has 1 fully saturated rings. The smallest absolute Gasteiger partial charge is 0.226 e. The van der Waals surface area contributed by atoms with Crippen LogP contribution in [-0.4, -0.2) is 56.1 Å². The van der Waals surface area contributed by atoms with Crippen LogP contribution in [0.1, 0.15) is 5.76 Å². The fraction of sp³-hybridized carbons (Fsp3) is 0.238. The molecule has 9 heteroatoms. The molecule has 0 spiro atoms. The molecular formula is C21H20N8O. The third-order valence-electron chi connectivity index (χ3n) is 5.13. The highest BCUT2D eigenvalue weighted by Crippen LogP contribution is 2.32. The highest BCUT2D eigenvalue weighted by Gasteiger charge is 2.23. The first-order chi connectivity index (χ1) is 14.8. The van der Waals surface area contributed by atoms with E-state index in [2.05, 4.69) is 34.7 Å². The second-order valence-corrected chi connectivity index (χ2v) is 6.94. The van der Waals surface area contributed by atoms with Crippen LogP contribution in [0, 0.1) is 6.92 Å². The minimum Gasteiger partial charge on any atom is -0.469 e. The molecule has 1 aliphatic heterocycles. The first kappa shape index (κ1) is 18.2. The molecule has 0 bridgehead atoms. The second kappa shape index (κ2) is 7.86. The average molecular weight is 400 g/mol. The highest BCUT2D eigenvalue weighted by atomic mass is 16.3. The third kappa shape index (κ3) is 3.45. The van der Waals surface area contributed by atoms with Crippen molar-refractivity contribution in [2.24, 2.45) is 0 Å². The van der Waals surface area contributed by atoms with Gasteiger partial charge in [-0.05, 0) is 19.1 Å². The summed E-state index contributed by atoms with van der Waals surface area (Å²) in [6.07, 6.45) is 12.1. The lowest BCUT2D eigenvalue weighted by molar-refractivity contribution is 0.535. The average Bonchev–Trinajstić information content (AvgIpc) is 3.26. The summed E-state index contributed by atoms with van der Waals surface area (Å²) in [5, 5.41) is 0. The van der Waals surface area contributed by atoms with Crippen molar-refractivity contribution in [3.05, 3.63) is 61.3 Å². The number of nitrogens with zero attached hydrogens (tertiary/aromatic N) is 8. The Balaban J connectivity index is 1.45. The summed E-state index contributed by atoms with van der Waals surface area (Å²) in [4.78, 5) is 31.2. The van der Waals surface area contributed by atoms with E-state index in [0.29, 0.717) is 5.95 Å². The van der Waals surface area contributed by atoms with Gasteiger partial charge in [0, 0.05) is 68.3 Å². The molecule has 9 nitrogen and oxygen atoms in total. The van der Waals surface area contributed by atoms with E-state index < -0.39 is 0 Å². The summed E-state index contributed by atoms with van der Waals surface area (Å²) in [7, 11) is 0. The molecule has 150 valence electrons. The van der Waals surface area contributed by atoms with E-state index in [4.69, 9.17) is 9.40 Å². The molecule has 5 rings (SSSR count). The minimum absolute atomic E-state index is 0.687. The van der Waals surface area contributed by atoms with E-state index in [1.54, 1.807) is 37.2 Å². The zero-order valence-corrected chi connectivity index (χ0v) is 16.5. The van der Waals surface area contributed by atoms with Crippen molar-refractivity contribution in [1.29, 1.82) is 0 Å². The van der Waals surface area contributed by atoms with Crippen LogP contribution in [0.3, 0.4) is 0 Å². The van der Waals surface area contributed by atoms with E-state index in [0.717, 1.165) is 60.4 Å². The molecule has 0 N–H and O–H groups in total. The van der Waals surface area contributed by atoms with Crippen LogP contribution in [0.5, 0.6) is 0 Å².